The van der Waals surface area contributed by atoms with Gasteiger partial charge in [-0.15, -0.1) is 0 Å². The third-order valence-corrected chi connectivity index (χ3v) is 5.08. The molecule has 0 aliphatic rings. The van der Waals surface area contributed by atoms with Crippen LogP contribution in [0.2, 0.25) is 0 Å². The summed E-state index contributed by atoms with van der Waals surface area (Å²) in [6.07, 6.45) is 4.19. The number of hydrogen-bond acceptors (Lipinski definition) is 5. The van der Waals surface area contributed by atoms with E-state index in [1.807, 2.05) is 30.3 Å². The van der Waals surface area contributed by atoms with Gasteiger partial charge in [0.2, 0.25) is 5.91 Å². The van der Waals surface area contributed by atoms with Crippen LogP contribution in [-0.4, -0.2) is 55.5 Å². The van der Waals surface area contributed by atoms with Gasteiger partial charge in [-0.3, -0.25) is 18.6 Å². The van der Waals surface area contributed by atoms with Crippen LogP contribution in [0.15, 0.2) is 42.7 Å². The first-order valence-electron chi connectivity index (χ1n) is 9.57. The number of nitrogens with one attached hydrogen (secondary N) is 1. The fourth-order valence-corrected chi connectivity index (χ4v) is 3.71. The lowest BCUT2D eigenvalue weighted by Crippen LogP contribution is -2.45. The Hall–Kier alpha value is -2.68. The molecule has 2 aromatic rings. The summed E-state index contributed by atoms with van der Waals surface area (Å²) in [5, 5.41) is 7.08. The van der Waals surface area contributed by atoms with Gasteiger partial charge in [0.05, 0.1) is 12.2 Å². The van der Waals surface area contributed by atoms with Gasteiger partial charge in [0.1, 0.15) is 11.6 Å². The number of nitrogens with zero attached hydrogens (tertiary/aromatic N) is 3. The molecule has 1 heterocycles. The molecular weight excluding hydrogens is 404 g/mol. The lowest BCUT2D eigenvalue weighted by atomic mass is 10.1. The monoisotopic (exact) mass is 434 g/mol. The van der Waals surface area contributed by atoms with Crippen molar-refractivity contribution in [2.24, 2.45) is 7.05 Å². The van der Waals surface area contributed by atoms with Crippen molar-refractivity contribution in [2.45, 2.75) is 38.5 Å². The summed E-state index contributed by atoms with van der Waals surface area (Å²) >= 11 is 0. The van der Waals surface area contributed by atoms with E-state index in [4.69, 9.17) is 4.74 Å². The van der Waals surface area contributed by atoms with Gasteiger partial charge in [0.15, 0.2) is 0 Å². The van der Waals surface area contributed by atoms with Gasteiger partial charge in [-0.2, -0.15) is 5.10 Å². The smallest absolute Gasteiger partial charge is 0.410 e. The quantitative estimate of drug-likeness (QED) is 0.723. The first kappa shape index (κ1) is 23.6. The van der Waals surface area contributed by atoms with Crippen LogP contribution in [0, 0.1) is 0 Å². The van der Waals surface area contributed by atoms with E-state index in [9.17, 15) is 13.8 Å². The highest BCUT2D eigenvalue weighted by molar-refractivity contribution is 7.84. The van der Waals surface area contributed by atoms with Gasteiger partial charge < -0.3 is 10.1 Å². The van der Waals surface area contributed by atoms with Crippen molar-refractivity contribution in [3.63, 3.8) is 0 Å². The number of aromatic nitrogens is 2. The maximum atomic E-state index is 13.3. The second kappa shape index (κ2) is 9.88. The molecule has 3 atom stereocenters. The van der Waals surface area contributed by atoms with E-state index in [2.05, 4.69) is 10.4 Å². The molecule has 0 saturated carbocycles. The van der Waals surface area contributed by atoms with Crippen LogP contribution in [0.4, 0.5) is 4.79 Å². The first-order valence-corrected chi connectivity index (χ1v) is 11.3. The van der Waals surface area contributed by atoms with Gasteiger partial charge >= 0.3 is 6.09 Å². The summed E-state index contributed by atoms with van der Waals surface area (Å²) in [6, 6.07) is 7.92. The molecule has 2 amide bonds. The second-order valence-corrected chi connectivity index (χ2v) is 9.63. The minimum absolute atomic E-state index is 0.256. The van der Waals surface area contributed by atoms with E-state index in [1.165, 1.54) is 11.9 Å². The summed E-state index contributed by atoms with van der Waals surface area (Å²) < 4.78 is 18.9. The van der Waals surface area contributed by atoms with Crippen molar-refractivity contribution in [3.05, 3.63) is 53.9 Å². The summed E-state index contributed by atoms with van der Waals surface area (Å²) in [4.78, 5) is 27.3. The lowest BCUT2D eigenvalue weighted by Gasteiger charge is -2.30. The Labute approximate surface area is 180 Å². The number of carbonyl (C=O) groups is 2. The van der Waals surface area contributed by atoms with Crippen LogP contribution in [-0.2, 0) is 27.4 Å². The molecule has 0 radical (unpaired) electrons. The van der Waals surface area contributed by atoms with Crippen molar-refractivity contribution in [2.75, 3.05) is 19.1 Å². The normalized spacial score (nSPS) is 14.5. The van der Waals surface area contributed by atoms with Gasteiger partial charge in [0.25, 0.3) is 0 Å². The number of likely N-dealkylation sites (N-methyl/N-ethyl adjacent to an activating group) is 1. The van der Waals surface area contributed by atoms with Crippen LogP contribution < -0.4 is 5.32 Å². The van der Waals surface area contributed by atoms with E-state index in [0.717, 1.165) is 5.56 Å². The number of aryl methyl sites for hydroxylation is 1. The summed E-state index contributed by atoms with van der Waals surface area (Å²) in [5.74, 6) is -0.151. The summed E-state index contributed by atoms with van der Waals surface area (Å²) in [6.45, 7) is 5.29. The van der Waals surface area contributed by atoms with Gasteiger partial charge in [-0.05, 0) is 26.3 Å². The van der Waals surface area contributed by atoms with Gasteiger partial charge in [0, 0.05) is 48.7 Å². The average molecular weight is 435 g/mol. The maximum absolute atomic E-state index is 13.3. The largest absolute Gasteiger partial charge is 0.444 e. The van der Waals surface area contributed by atoms with Crippen molar-refractivity contribution in [1.29, 1.82) is 0 Å². The molecule has 9 heteroatoms. The Kier molecular flexibility index (Phi) is 7.77. The third kappa shape index (κ3) is 6.69. The van der Waals surface area contributed by atoms with Crippen molar-refractivity contribution in [3.8, 4) is 0 Å². The molecule has 0 spiro atoms. The lowest BCUT2D eigenvalue weighted by molar-refractivity contribution is -0.126. The molecule has 0 unspecified atom stereocenters. The van der Waals surface area contributed by atoms with Crippen LogP contribution >= 0.6 is 0 Å². The second-order valence-electron chi connectivity index (χ2n) is 8.15. The molecule has 0 aliphatic heterocycles. The Morgan fingerprint density at radius 3 is 2.37 bits per heavy atom. The van der Waals surface area contributed by atoms with Crippen molar-refractivity contribution in [1.82, 2.24) is 20.0 Å². The number of amides is 2. The average Bonchev–Trinajstić information content (AvgIpc) is 3.06. The number of rotatable bonds is 7. The number of hydrogen-bond donors (Lipinski definition) is 1. The molecular formula is C21H30N4O4S. The summed E-state index contributed by atoms with van der Waals surface area (Å²) in [5.41, 5.74) is 0.686. The SMILES string of the molecule is CN(C(=O)OC(C)(C)C)[C@H](C(=O)N[C@H](C[S@@](C)=O)c1ccccc1)c1cnn(C)c1. The van der Waals surface area contributed by atoms with Gasteiger partial charge in [-0.1, -0.05) is 30.3 Å². The third-order valence-electron chi connectivity index (χ3n) is 4.28. The molecule has 1 aromatic heterocycles. The van der Waals surface area contributed by atoms with E-state index in [-0.39, 0.29) is 5.75 Å². The van der Waals surface area contributed by atoms with Crippen molar-refractivity contribution >= 4 is 22.8 Å². The molecule has 8 nitrogen and oxygen atoms in total. The Morgan fingerprint density at radius 1 is 1.23 bits per heavy atom. The highest BCUT2D eigenvalue weighted by Crippen LogP contribution is 2.24. The zero-order chi connectivity index (χ0) is 22.5. The Morgan fingerprint density at radius 2 is 1.87 bits per heavy atom. The zero-order valence-corrected chi connectivity index (χ0v) is 19.1. The van der Waals surface area contributed by atoms with Crippen molar-refractivity contribution < 1.29 is 18.5 Å². The molecule has 1 N–H and O–H groups in total. The van der Waals surface area contributed by atoms with E-state index >= 15 is 0 Å². The first-order chi connectivity index (χ1) is 14.0. The maximum Gasteiger partial charge on any atom is 0.410 e. The van der Waals surface area contributed by atoms with Crippen LogP contribution in [0.3, 0.4) is 0 Å². The minimum atomic E-state index is -1.14. The predicted octanol–water partition coefficient (Wildman–Crippen LogP) is 2.56. The predicted molar refractivity (Wildman–Crippen MR) is 116 cm³/mol. The molecule has 164 valence electrons. The van der Waals surface area contributed by atoms with Gasteiger partial charge in [-0.25, -0.2) is 4.79 Å². The number of benzene rings is 1. The fourth-order valence-electron chi connectivity index (χ4n) is 2.96. The minimum Gasteiger partial charge on any atom is -0.444 e. The van der Waals surface area contributed by atoms with Crippen LogP contribution in [0.1, 0.15) is 44.0 Å². The fraction of sp³-hybridized carbons (Fsp3) is 0.476. The number of carbonyl (C=O) groups excluding carboxylic acids is 2. The Balaban J connectivity index is 2.33. The van der Waals surface area contributed by atoms with Crippen LogP contribution in [0.25, 0.3) is 0 Å². The topological polar surface area (TPSA) is 93.5 Å². The Bertz CT molecular complexity index is 892. The molecule has 2 rings (SSSR count). The molecule has 0 aliphatic carbocycles. The molecule has 0 saturated heterocycles. The van der Waals surface area contributed by atoms with E-state index < -0.39 is 40.5 Å². The zero-order valence-electron chi connectivity index (χ0n) is 18.3. The molecule has 0 fully saturated rings. The standard InChI is InChI=1S/C21H30N4O4S/c1-21(2,3)29-20(27)25(5)18(16-12-22-24(4)13-16)19(26)23-17(14-30(6)28)15-10-8-7-9-11-15/h7-13,17-18H,14H2,1-6H3,(H,23,26)/t17-,18+,30-/m1/s1. The van der Waals surface area contributed by atoms with E-state index in [1.54, 1.807) is 51.2 Å². The highest BCUT2D eigenvalue weighted by Gasteiger charge is 2.34. The van der Waals surface area contributed by atoms with Crippen LogP contribution in [0.5, 0.6) is 0 Å². The molecule has 0 bridgehead atoms. The molecule has 30 heavy (non-hydrogen) atoms. The number of ether oxygens (including phenoxy) is 1. The van der Waals surface area contributed by atoms with E-state index in [0.29, 0.717) is 5.56 Å². The highest BCUT2D eigenvalue weighted by atomic mass is 32.2. The molecule has 1 aromatic carbocycles. The summed E-state index contributed by atoms with van der Waals surface area (Å²) in [7, 11) is 2.11.